The molecule has 1 aromatic carbocycles. The van der Waals surface area contributed by atoms with Crippen molar-refractivity contribution in [2.75, 3.05) is 0 Å². The molecule has 0 aliphatic rings. The van der Waals surface area contributed by atoms with Crippen molar-refractivity contribution in [3.8, 4) is 10.4 Å². The van der Waals surface area contributed by atoms with Crippen molar-refractivity contribution in [1.82, 2.24) is 4.98 Å². The highest BCUT2D eigenvalue weighted by Gasteiger charge is 2.10. The number of H-pyrrole nitrogens is 1. The van der Waals surface area contributed by atoms with Gasteiger partial charge in [0.1, 0.15) is 4.83 Å². The molecule has 0 saturated carbocycles. The fourth-order valence-corrected chi connectivity index (χ4v) is 3.01. The number of nitrogens with one attached hydrogen (secondary N) is 1. The third kappa shape index (κ3) is 2.20. The first-order chi connectivity index (χ1) is 9.04. The lowest BCUT2D eigenvalue weighted by Gasteiger charge is -1.99. The Morgan fingerprint density at radius 1 is 1.11 bits per heavy atom. The van der Waals surface area contributed by atoms with Crippen LogP contribution in [0.3, 0.4) is 0 Å². The Labute approximate surface area is 120 Å². The predicted octanol–water partition coefficient (Wildman–Crippen LogP) is 3.52. The smallest absolute Gasteiger partial charge is 0.372 e. The summed E-state index contributed by atoms with van der Waals surface area (Å²) in [4.78, 5) is 26.4. The fourth-order valence-electron chi connectivity index (χ4n) is 1.68. The fraction of sp³-hybridized carbons (Fsp3) is 0. The van der Waals surface area contributed by atoms with Crippen LogP contribution in [-0.4, -0.2) is 4.98 Å². The molecule has 0 atom stereocenters. The number of aromatic nitrogens is 1. The van der Waals surface area contributed by atoms with Crippen LogP contribution in [0.4, 0.5) is 0 Å². The molecule has 0 fully saturated rings. The van der Waals surface area contributed by atoms with Crippen molar-refractivity contribution in [3.63, 3.8) is 0 Å². The summed E-state index contributed by atoms with van der Waals surface area (Å²) in [6.07, 6.45) is 0. The lowest BCUT2D eigenvalue weighted by Crippen LogP contribution is -2.12. The Hall–Kier alpha value is -1.56. The summed E-state index contributed by atoms with van der Waals surface area (Å²) in [7, 11) is 0. The Morgan fingerprint density at radius 2 is 1.89 bits per heavy atom. The van der Waals surface area contributed by atoms with Crippen LogP contribution in [0.1, 0.15) is 0 Å². The summed E-state index contributed by atoms with van der Waals surface area (Å²) in [6, 6.07) is 6.82. The minimum absolute atomic E-state index is 0.339. The highest BCUT2D eigenvalue weighted by molar-refractivity contribution is 7.21. The maximum absolute atomic E-state index is 11.5. The maximum Gasteiger partial charge on any atom is 0.420 e. The van der Waals surface area contributed by atoms with Gasteiger partial charge in [-0.15, -0.1) is 11.3 Å². The molecule has 2 heterocycles. The standard InChI is InChI=1S/C12H5Cl2NO3S/c13-7-2-1-5(3-8(7)14)9-4-6-10(19-9)15-12(17)18-11(6)16/h1-4H,(H,15,17). The van der Waals surface area contributed by atoms with Crippen LogP contribution in [-0.2, 0) is 0 Å². The summed E-state index contributed by atoms with van der Waals surface area (Å²) >= 11 is 13.1. The van der Waals surface area contributed by atoms with Gasteiger partial charge in [-0.05, 0) is 23.8 Å². The number of benzene rings is 1. The third-order valence-corrected chi connectivity index (χ3v) is 4.40. The molecule has 0 aliphatic carbocycles. The molecule has 3 rings (SSSR count). The average Bonchev–Trinajstić information content (AvgIpc) is 2.76. The molecule has 0 aliphatic heterocycles. The van der Waals surface area contributed by atoms with Crippen LogP contribution >= 0.6 is 34.5 Å². The highest BCUT2D eigenvalue weighted by Crippen LogP contribution is 2.34. The number of hydrogen-bond acceptors (Lipinski definition) is 4. The normalized spacial score (nSPS) is 11.1. The number of aromatic amines is 1. The summed E-state index contributed by atoms with van der Waals surface area (Å²) in [5, 5.41) is 1.22. The molecule has 19 heavy (non-hydrogen) atoms. The van der Waals surface area contributed by atoms with E-state index in [1.807, 2.05) is 0 Å². The van der Waals surface area contributed by atoms with E-state index in [0.717, 1.165) is 10.4 Å². The zero-order valence-electron chi connectivity index (χ0n) is 9.20. The molecule has 2 aromatic heterocycles. The van der Waals surface area contributed by atoms with Gasteiger partial charge >= 0.3 is 11.4 Å². The second-order valence-electron chi connectivity index (χ2n) is 3.78. The molecule has 0 amide bonds. The third-order valence-electron chi connectivity index (χ3n) is 2.56. The van der Waals surface area contributed by atoms with Crippen LogP contribution in [0.2, 0.25) is 10.0 Å². The first-order valence-electron chi connectivity index (χ1n) is 5.17. The minimum atomic E-state index is -0.764. The molecule has 1 N–H and O–H groups in total. The second-order valence-corrected chi connectivity index (χ2v) is 5.65. The SMILES string of the molecule is O=c1[nH]c2sc(-c3ccc(Cl)c(Cl)c3)cc2c(=O)o1. The van der Waals surface area contributed by atoms with Crippen LogP contribution < -0.4 is 11.4 Å². The van der Waals surface area contributed by atoms with Gasteiger partial charge in [0.05, 0.1) is 15.4 Å². The lowest BCUT2D eigenvalue weighted by atomic mass is 10.2. The number of fused-ring (bicyclic) bond motifs is 1. The zero-order valence-corrected chi connectivity index (χ0v) is 11.5. The molecule has 4 nitrogen and oxygen atoms in total. The quantitative estimate of drug-likeness (QED) is 0.747. The van der Waals surface area contributed by atoms with Crippen molar-refractivity contribution in [3.05, 3.63) is 55.3 Å². The summed E-state index contributed by atoms with van der Waals surface area (Å²) < 4.78 is 4.48. The first-order valence-corrected chi connectivity index (χ1v) is 6.74. The Balaban J connectivity index is 2.26. The Morgan fingerprint density at radius 3 is 2.63 bits per heavy atom. The van der Waals surface area contributed by atoms with Gasteiger partial charge in [0.25, 0.3) is 0 Å². The summed E-state index contributed by atoms with van der Waals surface area (Å²) in [6.45, 7) is 0. The van der Waals surface area contributed by atoms with E-state index in [2.05, 4.69) is 9.40 Å². The highest BCUT2D eigenvalue weighted by atomic mass is 35.5. The van der Waals surface area contributed by atoms with Crippen molar-refractivity contribution in [2.24, 2.45) is 0 Å². The van der Waals surface area contributed by atoms with E-state index < -0.39 is 11.4 Å². The molecule has 7 heteroatoms. The number of halogens is 2. The molecular weight excluding hydrogens is 309 g/mol. The van der Waals surface area contributed by atoms with E-state index >= 15 is 0 Å². The van der Waals surface area contributed by atoms with E-state index in [4.69, 9.17) is 23.2 Å². The van der Waals surface area contributed by atoms with Crippen molar-refractivity contribution in [1.29, 1.82) is 0 Å². The summed E-state index contributed by atoms with van der Waals surface area (Å²) in [5.74, 6) is -0.764. The molecule has 0 spiro atoms. The van der Waals surface area contributed by atoms with E-state index in [-0.39, 0.29) is 0 Å². The van der Waals surface area contributed by atoms with Crippen molar-refractivity contribution < 1.29 is 4.42 Å². The van der Waals surface area contributed by atoms with Gasteiger partial charge in [0.15, 0.2) is 0 Å². The van der Waals surface area contributed by atoms with Gasteiger partial charge in [0.2, 0.25) is 0 Å². The zero-order chi connectivity index (χ0) is 13.6. The minimum Gasteiger partial charge on any atom is -0.372 e. The lowest BCUT2D eigenvalue weighted by molar-refractivity contribution is 0.460. The number of hydrogen-bond donors (Lipinski definition) is 1. The van der Waals surface area contributed by atoms with Gasteiger partial charge in [-0.3, -0.25) is 4.98 Å². The average molecular weight is 314 g/mol. The van der Waals surface area contributed by atoms with E-state index in [1.54, 1.807) is 24.3 Å². The van der Waals surface area contributed by atoms with Crippen LogP contribution in [0, 0.1) is 0 Å². The van der Waals surface area contributed by atoms with Gasteiger partial charge in [-0.25, -0.2) is 9.59 Å². The Kier molecular flexibility index (Phi) is 2.97. The van der Waals surface area contributed by atoms with Crippen LogP contribution in [0.5, 0.6) is 0 Å². The monoisotopic (exact) mass is 313 g/mol. The van der Waals surface area contributed by atoms with Crippen LogP contribution in [0.25, 0.3) is 20.7 Å². The molecule has 3 aromatic rings. The van der Waals surface area contributed by atoms with Crippen LogP contribution in [0.15, 0.2) is 38.3 Å². The van der Waals surface area contributed by atoms with Gasteiger partial charge < -0.3 is 4.42 Å². The van der Waals surface area contributed by atoms with Gasteiger partial charge in [-0.1, -0.05) is 29.3 Å². The molecular formula is C12H5Cl2NO3S. The van der Waals surface area contributed by atoms with E-state index in [1.165, 1.54) is 11.3 Å². The van der Waals surface area contributed by atoms with E-state index in [9.17, 15) is 9.59 Å². The van der Waals surface area contributed by atoms with Gasteiger partial charge in [0, 0.05) is 4.88 Å². The number of thiophene rings is 1. The summed E-state index contributed by atoms with van der Waals surface area (Å²) in [5.41, 5.74) is 0.164. The van der Waals surface area contributed by atoms with Crippen molar-refractivity contribution >= 4 is 44.8 Å². The molecule has 0 saturated heterocycles. The molecule has 0 bridgehead atoms. The van der Waals surface area contributed by atoms with E-state index in [0.29, 0.717) is 20.3 Å². The largest absolute Gasteiger partial charge is 0.420 e. The first kappa shape index (κ1) is 12.5. The maximum atomic E-state index is 11.5. The number of rotatable bonds is 1. The Bertz CT molecular complexity index is 894. The van der Waals surface area contributed by atoms with Gasteiger partial charge in [-0.2, -0.15) is 0 Å². The topological polar surface area (TPSA) is 63.1 Å². The predicted molar refractivity (Wildman–Crippen MR) is 76.4 cm³/mol. The molecule has 0 radical (unpaired) electrons. The van der Waals surface area contributed by atoms with Crippen molar-refractivity contribution in [2.45, 2.75) is 0 Å². The molecule has 0 unspecified atom stereocenters. The molecule has 96 valence electrons. The second kappa shape index (κ2) is 4.52.